The van der Waals surface area contributed by atoms with Gasteiger partial charge in [0.25, 0.3) is 11.4 Å². The number of hydrogen-bond acceptors (Lipinski definition) is 18. The molecule has 3 unspecified atom stereocenters. The number of aromatic nitrogens is 1. The number of rotatable bonds is 14. The summed E-state index contributed by atoms with van der Waals surface area (Å²) < 4.78 is 0. The second-order valence-electron chi connectivity index (χ2n) is 19.3. The van der Waals surface area contributed by atoms with Gasteiger partial charge in [0.15, 0.2) is 21.2 Å². The number of anilines is 6. The van der Waals surface area contributed by atoms with Crippen molar-refractivity contribution in [3.63, 3.8) is 0 Å². The number of amidine groups is 1. The standard InChI is InChI=1S/C26H30N6O4S.C20H31N5OS2.C8H6BrNO3.H3P/c27-25-24(23(34)17-3-7-21(8-4-17)32(35)36)37-26(29-25)28-18-5-9-19(10-6-18)30-14-11-20(12-15-30)31-13-1-2-22(33)16-31;1-2-28-19(21)23-20(27)22-15-5-7-16(8-6-15)24-12-9-17(10-13-24)25-11-3-4-18(26)14-25;9-5-8(11)6-1-3-7(4-2-6)10(12)13;/h3-10,20,22,33H,1-2,11-16,27H2,(H,28,29);5-8,17-18,26H,2-4,9-14H2,1H3,(H3,21,22,23,27);1-4H,5H2;1H3. The van der Waals surface area contributed by atoms with E-state index in [4.69, 9.17) is 23.7 Å². The number of thiazole rings is 1. The number of Topliss-reactive ketones (excluding diaryl/α,β-unsaturated/α-hetero) is 1. The highest BCUT2D eigenvalue weighted by atomic mass is 79.9. The Morgan fingerprint density at radius 1 is 0.747 bits per heavy atom. The summed E-state index contributed by atoms with van der Waals surface area (Å²) in [5.74, 6) is 0.587. The van der Waals surface area contributed by atoms with Gasteiger partial charge in [0, 0.05) is 109 Å². The van der Waals surface area contributed by atoms with Crippen molar-refractivity contribution in [2.75, 3.05) is 89.6 Å². The molecule has 4 saturated heterocycles. The Morgan fingerprint density at radius 2 is 1.20 bits per heavy atom. The summed E-state index contributed by atoms with van der Waals surface area (Å²) in [4.78, 5) is 62.6. The minimum Gasteiger partial charge on any atom is -0.392 e. The van der Waals surface area contributed by atoms with Gasteiger partial charge in [-0.1, -0.05) is 46.0 Å². The molecule has 0 aliphatic carbocycles. The van der Waals surface area contributed by atoms with Crippen LogP contribution in [0.25, 0.3) is 0 Å². The van der Waals surface area contributed by atoms with E-state index in [-0.39, 0.29) is 61.1 Å². The molecular weight excluding hydrogens is 1150 g/mol. The quantitative estimate of drug-likeness (QED) is 0.00883. The average Bonchev–Trinajstić information content (AvgIpc) is 3.85. The van der Waals surface area contributed by atoms with Crippen molar-refractivity contribution in [1.82, 2.24) is 14.8 Å². The third-order valence-corrected chi connectivity index (χ3v) is 16.4. The number of hydrogen-bond donors (Lipinski definition) is 6. The molecule has 3 atom stereocenters. The molecular formula is C54H70BrN12O8PS3. The second kappa shape index (κ2) is 30.8. The highest BCUT2D eigenvalue weighted by Crippen LogP contribution is 2.32. The van der Waals surface area contributed by atoms with Gasteiger partial charge in [0.1, 0.15) is 10.7 Å². The summed E-state index contributed by atoms with van der Waals surface area (Å²) in [7, 11) is 0. The van der Waals surface area contributed by atoms with Crippen LogP contribution in [-0.2, 0) is 0 Å². The number of nitrogens with zero attached hydrogens (tertiary/aromatic N) is 8. The Balaban J connectivity index is 0.000000211. The normalized spacial score (nSPS) is 18.4. The number of halogens is 1. The molecule has 20 nitrogen and oxygen atoms in total. The number of benzene rings is 4. The fourth-order valence-corrected chi connectivity index (χ4v) is 11.9. The molecule has 8 N–H and O–H groups in total. The number of nitro benzene ring substituents is 2. The highest BCUT2D eigenvalue weighted by molar-refractivity contribution is 9.09. The van der Waals surface area contributed by atoms with Crippen LogP contribution in [0.3, 0.4) is 0 Å². The molecule has 1 aromatic heterocycles. The lowest BCUT2D eigenvalue weighted by atomic mass is 9.98. The molecule has 79 heavy (non-hydrogen) atoms. The second-order valence-corrected chi connectivity index (χ2v) is 22.5. The Labute approximate surface area is 485 Å². The molecule has 4 aliphatic rings. The van der Waals surface area contributed by atoms with Gasteiger partial charge < -0.3 is 42.1 Å². The molecule has 0 radical (unpaired) electrons. The Bertz CT molecular complexity index is 2840. The maximum absolute atomic E-state index is 12.8. The van der Waals surface area contributed by atoms with Crippen LogP contribution in [0.5, 0.6) is 0 Å². The van der Waals surface area contributed by atoms with Crippen LogP contribution in [0.4, 0.5) is 45.1 Å². The number of aliphatic hydroxyl groups excluding tert-OH is 2. The predicted octanol–water partition coefficient (Wildman–Crippen LogP) is 9.14. The maximum Gasteiger partial charge on any atom is 0.269 e. The monoisotopic (exact) mass is 1220 g/mol. The van der Waals surface area contributed by atoms with Gasteiger partial charge in [-0.2, -0.15) is 14.9 Å². The zero-order valence-corrected chi connectivity index (χ0v) is 49.6. The summed E-state index contributed by atoms with van der Waals surface area (Å²) in [6.45, 7) is 9.97. The van der Waals surface area contributed by atoms with Gasteiger partial charge >= 0.3 is 0 Å². The van der Waals surface area contributed by atoms with E-state index in [0.717, 1.165) is 138 Å². The summed E-state index contributed by atoms with van der Waals surface area (Å²) >= 11 is 10.9. The number of carbonyl (C=O) groups is 2. The van der Waals surface area contributed by atoms with Crippen LogP contribution in [0.2, 0.25) is 0 Å². The number of carbonyl (C=O) groups excluding carboxylic acids is 2. The summed E-state index contributed by atoms with van der Waals surface area (Å²) in [5.41, 5.74) is 16.7. The van der Waals surface area contributed by atoms with Crippen molar-refractivity contribution in [2.45, 2.75) is 82.6 Å². The number of aliphatic hydroxyl groups is 2. The average molecular weight is 1220 g/mol. The van der Waals surface area contributed by atoms with E-state index >= 15 is 0 Å². The number of non-ortho nitro benzene ring substituents is 2. The van der Waals surface area contributed by atoms with Crippen molar-refractivity contribution in [3.8, 4) is 0 Å². The number of nitrogens with one attached hydrogen (secondary N) is 2. The zero-order valence-electron chi connectivity index (χ0n) is 44.2. The minimum atomic E-state index is -0.508. The van der Waals surface area contributed by atoms with E-state index in [2.05, 4.69) is 80.4 Å². The summed E-state index contributed by atoms with van der Waals surface area (Å²) in [6.07, 6.45) is 8.23. The molecule has 0 bridgehead atoms. The number of nitro groups is 2. The van der Waals surface area contributed by atoms with Gasteiger partial charge in [-0.3, -0.25) is 39.6 Å². The van der Waals surface area contributed by atoms with Gasteiger partial charge in [-0.15, -0.1) is 0 Å². The van der Waals surface area contributed by atoms with Crippen LogP contribution in [-0.4, -0.2) is 144 Å². The number of thiocarbonyl (C=S) groups is 1. The number of ketones is 2. The lowest BCUT2D eigenvalue weighted by Crippen LogP contribution is -2.49. The van der Waals surface area contributed by atoms with E-state index in [1.807, 2.05) is 31.2 Å². The number of piperidine rings is 4. The van der Waals surface area contributed by atoms with Crippen molar-refractivity contribution >= 4 is 128 Å². The molecule has 424 valence electrons. The zero-order chi connectivity index (χ0) is 55.7. The predicted molar refractivity (Wildman–Crippen MR) is 332 cm³/mol. The molecule has 5 heterocycles. The molecule has 0 spiro atoms. The first-order valence-corrected chi connectivity index (χ1v) is 29.4. The van der Waals surface area contributed by atoms with E-state index in [9.17, 15) is 40.0 Å². The lowest BCUT2D eigenvalue weighted by Gasteiger charge is -2.42. The number of nitrogens with two attached hydrogens (primary N) is 2. The Morgan fingerprint density at radius 3 is 1.63 bits per heavy atom. The topological polar surface area (TPSA) is 275 Å². The van der Waals surface area contributed by atoms with Crippen molar-refractivity contribution in [3.05, 3.63) is 133 Å². The third kappa shape index (κ3) is 18.4. The van der Waals surface area contributed by atoms with Gasteiger partial charge in [0.2, 0.25) is 5.78 Å². The van der Waals surface area contributed by atoms with Gasteiger partial charge in [0.05, 0.1) is 27.4 Å². The summed E-state index contributed by atoms with van der Waals surface area (Å²) in [5, 5.41) is 49.0. The Kier molecular flexibility index (Phi) is 24.3. The van der Waals surface area contributed by atoms with E-state index in [0.29, 0.717) is 38.6 Å². The third-order valence-electron chi connectivity index (χ3n) is 14.0. The molecule has 0 amide bonds. The summed E-state index contributed by atoms with van der Waals surface area (Å²) in [6, 6.07) is 28.6. The molecule has 4 aromatic carbocycles. The fourth-order valence-electron chi connectivity index (χ4n) is 9.93. The van der Waals surface area contributed by atoms with Crippen LogP contribution < -0.4 is 31.9 Å². The smallest absolute Gasteiger partial charge is 0.269 e. The van der Waals surface area contributed by atoms with Crippen LogP contribution in [0.15, 0.2) is 102 Å². The first-order valence-electron chi connectivity index (χ1n) is 26.1. The molecule has 0 saturated carbocycles. The molecule has 4 fully saturated rings. The number of aliphatic imine (C=N–C) groups is 1. The Hall–Kier alpha value is -5.69. The number of likely N-dealkylation sites (tertiary alicyclic amines) is 2. The SMILES string of the molecule is CCSC(N)=NC(=S)Nc1ccc(N2CCC(N3CCCC(O)C3)CC2)cc1.Nc1nc(Nc2ccc(N3CCC(N4CCCC(O)C4)CC3)cc2)sc1C(=O)c1ccc([N+](=O)[O-])cc1.O=C(CBr)c1ccc([N+](=O)[O-])cc1.P. The van der Waals surface area contributed by atoms with Gasteiger partial charge in [-0.05, 0) is 155 Å². The number of alkyl halides is 1. The van der Waals surface area contributed by atoms with Crippen LogP contribution >= 0.6 is 61.1 Å². The van der Waals surface area contributed by atoms with Crippen molar-refractivity contribution < 1.29 is 29.6 Å². The molecule has 4 aliphatic heterocycles. The largest absolute Gasteiger partial charge is 0.392 e. The van der Waals surface area contributed by atoms with Crippen molar-refractivity contribution in [1.29, 1.82) is 0 Å². The van der Waals surface area contributed by atoms with E-state index < -0.39 is 9.85 Å². The van der Waals surface area contributed by atoms with E-state index in [1.165, 1.54) is 66.0 Å². The first kappa shape index (κ1) is 62.5. The van der Waals surface area contributed by atoms with Gasteiger partial charge in [-0.25, -0.2) is 4.98 Å². The lowest BCUT2D eigenvalue weighted by molar-refractivity contribution is -0.385. The van der Waals surface area contributed by atoms with E-state index in [1.54, 1.807) is 0 Å². The fraction of sp³-hybridized carbons (Fsp3) is 0.426. The highest BCUT2D eigenvalue weighted by Gasteiger charge is 2.30. The molecule has 5 aromatic rings. The molecule has 9 rings (SSSR count). The number of thioether (sulfide) groups is 1. The molecule has 25 heteroatoms. The van der Waals surface area contributed by atoms with Crippen LogP contribution in [0, 0.1) is 20.2 Å². The number of nitrogen functional groups attached to an aromatic ring is 1. The van der Waals surface area contributed by atoms with Crippen LogP contribution in [0.1, 0.15) is 83.9 Å². The first-order chi connectivity index (χ1) is 37.6. The van der Waals surface area contributed by atoms with Crippen molar-refractivity contribution in [2.24, 2.45) is 10.7 Å². The number of β-amino-alcohol motifs (C(OH)–C–C–N with tert-alkyl or cyclic N) is 2. The minimum absolute atomic E-state index is 0. The maximum atomic E-state index is 12.8.